The van der Waals surface area contributed by atoms with Crippen LogP contribution in [0.1, 0.15) is 45.4 Å². The average Bonchev–Trinajstić information content (AvgIpc) is 2.91. The fraction of sp³-hybridized carbons (Fsp3) is 1.00. The normalized spacial score (nSPS) is 47.4. The van der Waals surface area contributed by atoms with Gasteiger partial charge in [-0.2, -0.15) is 0 Å². The topological polar surface area (TPSA) is 24.1 Å². The summed E-state index contributed by atoms with van der Waals surface area (Å²) < 4.78 is 0. The molecule has 0 aromatic heterocycles. The van der Waals surface area contributed by atoms with Crippen LogP contribution in [-0.2, 0) is 0 Å². The highest BCUT2D eigenvalue weighted by molar-refractivity contribution is 4.95. The maximum atomic E-state index is 3.80. The zero-order chi connectivity index (χ0) is 11.0. The van der Waals surface area contributed by atoms with E-state index in [1.807, 2.05) is 0 Å². The Kier molecular flexibility index (Phi) is 3.21. The van der Waals surface area contributed by atoms with Crippen molar-refractivity contribution in [3.8, 4) is 0 Å². The van der Waals surface area contributed by atoms with E-state index in [1.54, 1.807) is 0 Å². The van der Waals surface area contributed by atoms with Gasteiger partial charge in [0.15, 0.2) is 0 Å². The predicted molar refractivity (Wildman–Crippen MR) is 67.4 cm³/mol. The smallest absolute Gasteiger partial charge is 0.0224 e. The van der Waals surface area contributed by atoms with E-state index in [9.17, 15) is 0 Å². The number of hydrogen-bond donors (Lipinski definition) is 2. The van der Waals surface area contributed by atoms with Crippen molar-refractivity contribution < 1.29 is 0 Å². The summed E-state index contributed by atoms with van der Waals surface area (Å²) in [6.07, 6.45) is 8.68. The molecule has 3 rings (SSSR count). The van der Waals surface area contributed by atoms with Crippen LogP contribution in [0, 0.1) is 17.8 Å². The van der Waals surface area contributed by atoms with E-state index < -0.39 is 0 Å². The second-order valence-electron chi connectivity index (χ2n) is 6.39. The molecule has 2 N–H and O–H groups in total. The van der Waals surface area contributed by atoms with Gasteiger partial charge in [0, 0.05) is 18.6 Å². The molecular formula is C14H26N2. The fourth-order valence-electron chi connectivity index (χ4n) is 4.21. The molecule has 0 spiro atoms. The van der Waals surface area contributed by atoms with E-state index in [0.29, 0.717) is 0 Å². The van der Waals surface area contributed by atoms with Crippen molar-refractivity contribution in [3.05, 3.63) is 0 Å². The third kappa shape index (κ3) is 2.14. The van der Waals surface area contributed by atoms with Crippen molar-refractivity contribution in [2.24, 2.45) is 17.8 Å². The molecule has 3 fully saturated rings. The Morgan fingerprint density at radius 1 is 1.19 bits per heavy atom. The minimum Gasteiger partial charge on any atom is -0.312 e. The van der Waals surface area contributed by atoms with Gasteiger partial charge in [0.1, 0.15) is 0 Å². The van der Waals surface area contributed by atoms with Crippen LogP contribution in [0.2, 0.25) is 0 Å². The Bertz CT molecular complexity index is 241. The molecule has 2 saturated carbocycles. The van der Waals surface area contributed by atoms with Crippen LogP contribution in [0.25, 0.3) is 0 Å². The molecule has 0 bridgehead atoms. The molecule has 0 radical (unpaired) electrons. The highest BCUT2D eigenvalue weighted by Crippen LogP contribution is 2.37. The molecular weight excluding hydrogens is 196 g/mol. The molecule has 3 aliphatic rings. The Labute approximate surface area is 99.6 Å². The molecule has 5 atom stereocenters. The second kappa shape index (κ2) is 4.66. The van der Waals surface area contributed by atoms with Gasteiger partial charge < -0.3 is 10.6 Å². The fourth-order valence-corrected chi connectivity index (χ4v) is 4.21. The second-order valence-corrected chi connectivity index (χ2v) is 6.39. The highest BCUT2D eigenvalue weighted by Gasteiger charge is 2.38. The minimum absolute atomic E-state index is 0.781. The van der Waals surface area contributed by atoms with Crippen LogP contribution >= 0.6 is 0 Å². The molecule has 1 heterocycles. The van der Waals surface area contributed by atoms with Crippen molar-refractivity contribution in [2.45, 2.75) is 57.5 Å². The zero-order valence-electron chi connectivity index (χ0n) is 10.5. The molecule has 0 aromatic carbocycles. The first-order chi connectivity index (χ1) is 7.83. The molecule has 2 nitrogen and oxygen atoms in total. The van der Waals surface area contributed by atoms with Crippen molar-refractivity contribution in [1.29, 1.82) is 0 Å². The number of hydrogen-bond acceptors (Lipinski definition) is 2. The summed E-state index contributed by atoms with van der Waals surface area (Å²) in [5.41, 5.74) is 0. The van der Waals surface area contributed by atoms with E-state index in [4.69, 9.17) is 0 Å². The Balaban J connectivity index is 1.45. The summed E-state index contributed by atoms with van der Waals surface area (Å²) >= 11 is 0. The van der Waals surface area contributed by atoms with Gasteiger partial charge in [0.25, 0.3) is 0 Å². The first-order valence-electron chi connectivity index (χ1n) is 7.29. The van der Waals surface area contributed by atoms with Crippen LogP contribution in [0.3, 0.4) is 0 Å². The number of rotatable bonds is 3. The van der Waals surface area contributed by atoms with Crippen LogP contribution < -0.4 is 10.6 Å². The predicted octanol–water partition coefficient (Wildman–Crippen LogP) is 2.15. The molecule has 1 saturated heterocycles. The summed E-state index contributed by atoms with van der Waals surface area (Å²) in [7, 11) is 0. The van der Waals surface area contributed by atoms with Crippen LogP contribution in [-0.4, -0.2) is 25.2 Å². The van der Waals surface area contributed by atoms with Gasteiger partial charge in [-0.25, -0.2) is 0 Å². The van der Waals surface area contributed by atoms with Crippen LogP contribution in [0.5, 0.6) is 0 Å². The Morgan fingerprint density at radius 2 is 2.12 bits per heavy atom. The van der Waals surface area contributed by atoms with Gasteiger partial charge >= 0.3 is 0 Å². The molecule has 92 valence electrons. The standard InChI is InChI=1S/C14H26N2/c1-10-5-6-12(7-10)15-9-14-13-4-2-3-11(13)8-16-14/h10-16H,2-9H2,1H3. The number of fused-ring (bicyclic) bond motifs is 1. The summed E-state index contributed by atoms with van der Waals surface area (Å²) in [5.74, 6) is 2.95. The lowest BCUT2D eigenvalue weighted by molar-refractivity contribution is 0.372. The molecule has 1 aliphatic heterocycles. The van der Waals surface area contributed by atoms with E-state index in [2.05, 4.69) is 17.6 Å². The lowest BCUT2D eigenvalue weighted by Gasteiger charge is -2.21. The Hall–Kier alpha value is -0.0800. The lowest BCUT2D eigenvalue weighted by atomic mass is 9.94. The van der Waals surface area contributed by atoms with Crippen LogP contribution in [0.4, 0.5) is 0 Å². The SMILES string of the molecule is CC1CCC(NCC2NCC3CCCC32)C1. The molecule has 0 amide bonds. The monoisotopic (exact) mass is 222 g/mol. The zero-order valence-corrected chi connectivity index (χ0v) is 10.5. The summed E-state index contributed by atoms with van der Waals surface area (Å²) in [5, 5.41) is 7.54. The number of nitrogens with one attached hydrogen (secondary N) is 2. The third-order valence-electron chi connectivity index (χ3n) is 5.20. The first-order valence-corrected chi connectivity index (χ1v) is 7.29. The molecule has 0 aromatic rings. The quantitative estimate of drug-likeness (QED) is 0.764. The highest BCUT2D eigenvalue weighted by atomic mass is 15.0. The largest absolute Gasteiger partial charge is 0.312 e. The maximum absolute atomic E-state index is 3.80. The molecule has 5 unspecified atom stereocenters. The molecule has 2 heteroatoms. The molecule has 16 heavy (non-hydrogen) atoms. The van der Waals surface area contributed by atoms with E-state index in [0.717, 1.165) is 29.8 Å². The Morgan fingerprint density at radius 3 is 2.94 bits per heavy atom. The van der Waals surface area contributed by atoms with E-state index >= 15 is 0 Å². The van der Waals surface area contributed by atoms with E-state index in [1.165, 1.54) is 51.6 Å². The van der Waals surface area contributed by atoms with Gasteiger partial charge in [0.05, 0.1) is 0 Å². The summed E-state index contributed by atoms with van der Waals surface area (Å²) in [6.45, 7) is 4.90. The van der Waals surface area contributed by atoms with Gasteiger partial charge in [0.2, 0.25) is 0 Å². The van der Waals surface area contributed by atoms with Gasteiger partial charge in [-0.15, -0.1) is 0 Å². The first kappa shape index (κ1) is 11.0. The summed E-state index contributed by atoms with van der Waals surface area (Å²) in [6, 6.07) is 1.60. The van der Waals surface area contributed by atoms with Gasteiger partial charge in [-0.05, 0) is 56.4 Å². The minimum atomic E-state index is 0.781. The maximum Gasteiger partial charge on any atom is 0.0224 e. The molecule has 2 aliphatic carbocycles. The van der Waals surface area contributed by atoms with Crippen molar-refractivity contribution in [1.82, 2.24) is 10.6 Å². The summed E-state index contributed by atoms with van der Waals surface area (Å²) in [4.78, 5) is 0. The third-order valence-corrected chi connectivity index (χ3v) is 5.20. The van der Waals surface area contributed by atoms with Gasteiger partial charge in [-0.1, -0.05) is 13.3 Å². The lowest BCUT2D eigenvalue weighted by Crippen LogP contribution is -2.41. The van der Waals surface area contributed by atoms with Gasteiger partial charge in [-0.3, -0.25) is 0 Å². The van der Waals surface area contributed by atoms with Crippen molar-refractivity contribution in [3.63, 3.8) is 0 Å². The average molecular weight is 222 g/mol. The van der Waals surface area contributed by atoms with Crippen LogP contribution in [0.15, 0.2) is 0 Å². The van der Waals surface area contributed by atoms with Crippen molar-refractivity contribution >= 4 is 0 Å². The van der Waals surface area contributed by atoms with Crippen molar-refractivity contribution in [2.75, 3.05) is 13.1 Å². The van der Waals surface area contributed by atoms with E-state index in [-0.39, 0.29) is 0 Å².